The molecule has 6 rings (SSSR count). The molecule has 218 valence electrons. The van der Waals surface area contributed by atoms with Crippen molar-refractivity contribution in [2.24, 2.45) is 5.92 Å². The van der Waals surface area contributed by atoms with Gasteiger partial charge in [-0.2, -0.15) is 0 Å². The number of carbonyl (C=O) groups is 4. The third-order valence-corrected chi connectivity index (χ3v) is 10.2. The Morgan fingerprint density at radius 2 is 1.71 bits per heavy atom. The number of piperidine rings is 1. The van der Waals surface area contributed by atoms with Crippen LogP contribution in [0.4, 0.5) is 5.69 Å². The summed E-state index contributed by atoms with van der Waals surface area (Å²) in [7, 11) is 0. The number of nitrogens with zero attached hydrogens (tertiary/aromatic N) is 2. The Hall–Kier alpha value is -3.90. The molecule has 3 aliphatic rings. The number of para-hydroxylation sites is 1. The Morgan fingerprint density at radius 3 is 2.45 bits per heavy atom. The largest absolute Gasteiger partial charge is 0.483 e. The summed E-state index contributed by atoms with van der Waals surface area (Å²) in [5, 5.41) is -0.232. The van der Waals surface area contributed by atoms with Crippen LogP contribution >= 0.6 is 23.1 Å². The number of esters is 1. The Balaban J connectivity index is 1.33. The molecule has 0 radical (unpaired) electrons. The number of anilines is 1. The van der Waals surface area contributed by atoms with Crippen molar-refractivity contribution >= 4 is 52.5 Å². The molecule has 3 amide bonds. The van der Waals surface area contributed by atoms with E-state index in [2.05, 4.69) is 4.98 Å². The van der Waals surface area contributed by atoms with E-state index in [1.54, 1.807) is 36.1 Å². The van der Waals surface area contributed by atoms with Crippen molar-refractivity contribution < 1.29 is 28.7 Å². The van der Waals surface area contributed by atoms with Gasteiger partial charge in [0.25, 0.3) is 5.91 Å². The number of H-pyrrole nitrogens is 1. The summed E-state index contributed by atoms with van der Waals surface area (Å²) in [5.41, 5.74) is 1.30. The van der Waals surface area contributed by atoms with Gasteiger partial charge in [0.1, 0.15) is 11.0 Å². The van der Waals surface area contributed by atoms with Crippen molar-refractivity contribution in [3.8, 4) is 5.75 Å². The molecule has 1 N–H and O–H groups in total. The van der Waals surface area contributed by atoms with Crippen LogP contribution in [-0.2, 0) is 19.1 Å². The molecule has 42 heavy (non-hydrogen) atoms. The summed E-state index contributed by atoms with van der Waals surface area (Å²) in [4.78, 5) is 71.4. The molecule has 2 unspecified atom stereocenters. The topological polar surface area (TPSA) is 126 Å². The maximum absolute atomic E-state index is 14.1. The monoisotopic (exact) mass is 607 g/mol. The van der Waals surface area contributed by atoms with E-state index < -0.39 is 34.9 Å². The lowest BCUT2D eigenvalue weighted by Gasteiger charge is -2.31. The average molecular weight is 608 g/mol. The van der Waals surface area contributed by atoms with E-state index in [0.29, 0.717) is 45.6 Å². The number of aromatic nitrogens is 1. The van der Waals surface area contributed by atoms with E-state index >= 15 is 0 Å². The van der Waals surface area contributed by atoms with Gasteiger partial charge in [0.2, 0.25) is 11.8 Å². The normalized spacial score (nSPS) is 21.6. The number of aromatic amines is 1. The number of imide groups is 1. The number of likely N-dealkylation sites (tertiary alicyclic amines) is 1. The van der Waals surface area contributed by atoms with E-state index in [9.17, 15) is 24.0 Å². The van der Waals surface area contributed by atoms with Gasteiger partial charge >= 0.3 is 10.8 Å². The minimum Gasteiger partial charge on any atom is -0.483 e. The Morgan fingerprint density at radius 1 is 0.976 bits per heavy atom. The second kappa shape index (κ2) is 11.8. The number of nitrogens with one attached hydrogen (secondary N) is 1. The first-order valence-electron chi connectivity index (χ1n) is 13.9. The quantitative estimate of drug-likeness (QED) is 0.318. The average Bonchev–Trinajstić information content (AvgIpc) is 3.50. The van der Waals surface area contributed by atoms with Crippen molar-refractivity contribution in [2.45, 2.75) is 42.4 Å². The van der Waals surface area contributed by atoms with Crippen molar-refractivity contribution in [2.75, 3.05) is 31.2 Å². The number of hydrogen-bond acceptors (Lipinski definition) is 9. The molecule has 1 aromatic heterocycles. The SMILES string of the molecule is CCOC(=O)c1ccc(N2C(=O)C3Sc4[nH]c(=O)sc4[C@H](c4ccccc4OCC(=O)N4CCCCC4)C3C2=O)cc1. The van der Waals surface area contributed by atoms with E-state index in [0.717, 1.165) is 35.5 Å². The van der Waals surface area contributed by atoms with Gasteiger partial charge in [-0.3, -0.25) is 19.2 Å². The highest BCUT2D eigenvalue weighted by Gasteiger charge is 2.56. The zero-order valence-electron chi connectivity index (χ0n) is 22.9. The molecule has 3 atom stereocenters. The Bertz CT molecular complexity index is 1590. The number of ether oxygens (including phenoxy) is 2. The minimum absolute atomic E-state index is 0.0990. The summed E-state index contributed by atoms with van der Waals surface area (Å²) in [5.74, 6) is -2.42. The lowest BCUT2D eigenvalue weighted by atomic mass is 9.82. The molecule has 3 aromatic rings. The van der Waals surface area contributed by atoms with Crippen LogP contribution in [0.5, 0.6) is 5.75 Å². The number of carbonyl (C=O) groups excluding carboxylic acids is 4. The van der Waals surface area contributed by atoms with Crippen LogP contribution in [0, 0.1) is 5.92 Å². The third kappa shape index (κ3) is 5.13. The van der Waals surface area contributed by atoms with E-state index in [4.69, 9.17) is 9.47 Å². The Labute approximate surface area is 250 Å². The standard InChI is InChI=1S/C30H29N3O7S2/c1-2-39-29(37)17-10-12-18(13-11-17)33-27(35)23-22(24-26(31-30(38)42-24)41-25(23)28(33)36)19-8-4-5-9-20(19)40-16-21(34)32-14-6-3-7-15-32/h4-5,8-13,22-23,25H,2-3,6-7,14-16H2,1H3,(H,31,38)/t22-,23?,25?/m1/s1. The second-order valence-electron chi connectivity index (χ2n) is 10.3. The number of fused-ring (bicyclic) bond motifs is 2. The van der Waals surface area contributed by atoms with Gasteiger partial charge in [0.05, 0.1) is 28.8 Å². The van der Waals surface area contributed by atoms with Gasteiger partial charge in [-0.25, -0.2) is 9.69 Å². The first-order chi connectivity index (χ1) is 20.4. The zero-order valence-corrected chi connectivity index (χ0v) is 24.5. The zero-order chi connectivity index (χ0) is 29.4. The van der Waals surface area contributed by atoms with Gasteiger partial charge in [-0.1, -0.05) is 41.3 Å². The van der Waals surface area contributed by atoms with Crippen LogP contribution in [-0.4, -0.2) is 65.1 Å². The van der Waals surface area contributed by atoms with Crippen LogP contribution in [0.1, 0.15) is 52.9 Å². The van der Waals surface area contributed by atoms with Gasteiger partial charge < -0.3 is 19.4 Å². The molecule has 2 fully saturated rings. The first kappa shape index (κ1) is 28.2. The number of thiazole rings is 1. The molecule has 12 heteroatoms. The fourth-order valence-corrected chi connectivity index (χ4v) is 8.32. The minimum atomic E-state index is -0.811. The Kier molecular flexibility index (Phi) is 7.91. The smallest absolute Gasteiger partial charge is 0.338 e. The molecular formula is C30H29N3O7S2. The highest BCUT2D eigenvalue weighted by Crippen LogP contribution is 2.54. The highest BCUT2D eigenvalue weighted by atomic mass is 32.2. The van der Waals surface area contributed by atoms with E-state index in [1.165, 1.54) is 23.9 Å². The molecule has 4 heterocycles. The second-order valence-corrected chi connectivity index (χ2v) is 12.5. The number of benzene rings is 2. The fourth-order valence-electron chi connectivity index (χ4n) is 5.81. The van der Waals surface area contributed by atoms with Crippen LogP contribution in [0.2, 0.25) is 0 Å². The lowest BCUT2D eigenvalue weighted by Crippen LogP contribution is -2.38. The van der Waals surface area contributed by atoms with Crippen LogP contribution in [0.15, 0.2) is 58.4 Å². The maximum Gasteiger partial charge on any atom is 0.338 e. The summed E-state index contributed by atoms with van der Waals surface area (Å²) in [6, 6.07) is 13.3. The predicted molar refractivity (Wildman–Crippen MR) is 157 cm³/mol. The van der Waals surface area contributed by atoms with Gasteiger partial charge in [0.15, 0.2) is 6.61 Å². The van der Waals surface area contributed by atoms with Gasteiger partial charge in [-0.05, 0) is 56.5 Å². The van der Waals surface area contributed by atoms with Gasteiger partial charge in [-0.15, -0.1) is 0 Å². The molecule has 0 spiro atoms. The molecule has 3 aliphatic heterocycles. The first-order valence-corrected chi connectivity index (χ1v) is 15.6. The number of rotatable bonds is 7. The number of hydrogen-bond donors (Lipinski definition) is 1. The highest BCUT2D eigenvalue weighted by molar-refractivity contribution is 8.00. The lowest BCUT2D eigenvalue weighted by molar-refractivity contribution is -0.134. The summed E-state index contributed by atoms with van der Waals surface area (Å²) >= 11 is 2.19. The molecule has 2 saturated heterocycles. The third-order valence-electron chi connectivity index (χ3n) is 7.77. The van der Waals surface area contributed by atoms with Crippen LogP contribution < -0.4 is 14.5 Å². The maximum atomic E-state index is 14.1. The molecule has 0 saturated carbocycles. The molecule has 2 aromatic carbocycles. The van der Waals surface area contributed by atoms with Crippen LogP contribution in [0.25, 0.3) is 0 Å². The fraction of sp³-hybridized carbons (Fsp3) is 0.367. The molecule has 0 bridgehead atoms. The predicted octanol–water partition coefficient (Wildman–Crippen LogP) is 3.80. The van der Waals surface area contributed by atoms with Gasteiger partial charge in [0, 0.05) is 29.4 Å². The van der Waals surface area contributed by atoms with Crippen LogP contribution in [0.3, 0.4) is 0 Å². The van der Waals surface area contributed by atoms with Crippen molar-refractivity contribution in [3.63, 3.8) is 0 Å². The van der Waals surface area contributed by atoms with E-state index in [1.807, 2.05) is 12.1 Å². The van der Waals surface area contributed by atoms with Crippen molar-refractivity contribution in [1.82, 2.24) is 9.88 Å². The summed E-state index contributed by atoms with van der Waals surface area (Å²) in [6.07, 6.45) is 3.05. The molecule has 0 aliphatic carbocycles. The van der Waals surface area contributed by atoms with Crippen molar-refractivity contribution in [3.05, 3.63) is 74.2 Å². The van der Waals surface area contributed by atoms with E-state index in [-0.39, 0.29) is 24.0 Å². The molecular weight excluding hydrogens is 578 g/mol. The summed E-state index contributed by atoms with van der Waals surface area (Å²) in [6.45, 7) is 3.22. The summed E-state index contributed by atoms with van der Waals surface area (Å²) < 4.78 is 11.1. The number of amides is 3. The molecule has 10 nitrogen and oxygen atoms in total. The van der Waals surface area contributed by atoms with Crippen molar-refractivity contribution in [1.29, 1.82) is 0 Å². The number of thioether (sulfide) groups is 1.